The number of esters is 2. The SMILES string of the molecule is CCOC(=O)c1nc(COC(=O)c2ccc(S(C)=O)cc2)cs1. The first-order valence-electron chi connectivity index (χ1n) is 6.73. The molecule has 0 fully saturated rings. The van der Waals surface area contributed by atoms with Crippen molar-refractivity contribution >= 4 is 34.1 Å². The lowest BCUT2D eigenvalue weighted by molar-refractivity contribution is 0.0468. The molecule has 0 aliphatic rings. The van der Waals surface area contributed by atoms with Gasteiger partial charge >= 0.3 is 11.9 Å². The molecule has 0 spiro atoms. The summed E-state index contributed by atoms with van der Waals surface area (Å²) in [5, 5.41) is 1.87. The Morgan fingerprint density at radius 1 is 1.17 bits per heavy atom. The Morgan fingerprint density at radius 3 is 2.48 bits per heavy atom. The van der Waals surface area contributed by atoms with Gasteiger partial charge in [-0.15, -0.1) is 11.3 Å². The van der Waals surface area contributed by atoms with E-state index in [1.807, 2.05) is 0 Å². The van der Waals surface area contributed by atoms with Gasteiger partial charge in [-0.25, -0.2) is 14.6 Å². The Balaban J connectivity index is 1.94. The van der Waals surface area contributed by atoms with Crippen LogP contribution in [0.4, 0.5) is 0 Å². The molecule has 0 radical (unpaired) electrons. The van der Waals surface area contributed by atoms with Crippen LogP contribution in [-0.4, -0.2) is 34.0 Å². The summed E-state index contributed by atoms with van der Waals surface area (Å²) in [5.41, 5.74) is 0.845. The van der Waals surface area contributed by atoms with Crippen molar-refractivity contribution in [1.29, 1.82) is 0 Å². The van der Waals surface area contributed by atoms with E-state index in [1.54, 1.807) is 42.8 Å². The second-order valence-corrected chi connectivity index (χ2v) is 6.66. The molecule has 1 unspecified atom stereocenters. The van der Waals surface area contributed by atoms with Crippen LogP contribution in [0.2, 0.25) is 0 Å². The molecule has 1 aromatic carbocycles. The number of carbonyl (C=O) groups excluding carboxylic acids is 2. The lowest BCUT2D eigenvalue weighted by Gasteiger charge is -2.03. The largest absolute Gasteiger partial charge is 0.461 e. The van der Waals surface area contributed by atoms with E-state index < -0.39 is 22.7 Å². The molecule has 0 N–H and O–H groups in total. The molecule has 122 valence electrons. The van der Waals surface area contributed by atoms with Gasteiger partial charge in [0.15, 0.2) is 0 Å². The minimum Gasteiger partial charge on any atom is -0.461 e. The second-order valence-electron chi connectivity index (χ2n) is 4.42. The van der Waals surface area contributed by atoms with Gasteiger partial charge < -0.3 is 9.47 Å². The van der Waals surface area contributed by atoms with Crippen LogP contribution in [0.15, 0.2) is 34.5 Å². The number of ether oxygens (including phenoxy) is 2. The molecule has 1 heterocycles. The van der Waals surface area contributed by atoms with Crippen molar-refractivity contribution in [2.75, 3.05) is 12.9 Å². The van der Waals surface area contributed by atoms with Crippen molar-refractivity contribution in [3.05, 3.63) is 45.9 Å². The molecule has 0 amide bonds. The van der Waals surface area contributed by atoms with Gasteiger partial charge in [-0.2, -0.15) is 0 Å². The molecular formula is C15H15NO5S2. The van der Waals surface area contributed by atoms with Gasteiger partial charge in [0.2, 0.25) is 5.01 Å². The lowest BCUT2D eigenvalue weighted by Crippen LogP contribution is -2.07. The maximum absolute atomic E-state index is 11.9. The van der Waals surface area contributed by atoms with Gasteiger partial charge in [-0.3, -0.25) is 4.21 Å². The quantitative estimate of drug-likeness (QED) is 0.742. The summed E-state index contributed by atoms with van der Waals surface area (Å²) in [6, 6.07) is 6.36. The normalized spacial score (nSPS) is 11.7. The Bertz CT molecular complexity index is 724. The summed E-state index contributed by atoms with van der Waals surface area (Å²) < 4.78 is 21.3. The number of hydrogen-bond donors (Lipinski definition) is 0. The maximum atomic E-state index is 11.9. The highest BCUT2D eigenvalue weighted by Crippen LogP contribution is 2.14. The van der Waals surface area contributed by atoms with E-state index in [9.17, 15) is 13.8 Å². The van der Waals surface area contributed by atoms with E-state index in [-0.39, 0.29) is 18.2 Å². The Labute approximate surface area is 139 Å². The maximum Gasteiger partial charge on any atom is 0.367 e. The summed E-state index contributed by atoms with van der Waals surface area (Å²) in [6.45, 7) is 1.96. The van der Waals surface area contributed by atoms with Gasteiger partial charge in [0, 0.05) is 27.3 Å². The van der Waals surface area contributed by atoms with E-state index in [0.29, 0.717) is 16.2 Å². The van der Waals surface area contributed by atoms with Crippen LogP contribution in [0.5, 0.6) is 0 Å². The summed E-state index contributed by atoms with van der Waals surface area (Å²) in [4.78, 5) is 28.1. The van der Waals surface area contributed by atoms with Gasteiger partial charge in [0.1, 0.15) is 6.61 Å². The van der Waals surface area contributed by atoms with Gasteiger partial charge in [-0.1, -0.05) is 0 Å². The molecule has 2 aromatic rings. The molecule has 2 rings (SSSR count). The Kier molecular flexibility index (Phi) is 6.00. The highest BCUT2D eigenvalue weighted by atomic mass is 32.2. The van der Waals surface area contributed by atoms with E-state index in [4.69, 9.17) is 9.47 Å². The van der Waals surface area contributed by atoms with Crippen LogP contribution in [0.25, 0.3) is 0 Å². The van der Waals surface area contributed by atoms with E-state index in [0.717, 1.165) is 11.3 Å². The van der Waals surface area contributed by atoms with Crippen LogP contribution in [0, 0.1) is 0 Å². The number of nitrogens with zero attached hydrogens (tertiary/aromatic N) is 1. The van der Waals surface area contributed by atoms with Crippen LogP contribution in [-0.2, 0) is 26.9 Å². The topological polar surface area (TPSA) is 82.6 Å². The predicted molar refractivity (Wildman–Crippen MR) is 86.0 cm³/mol. The lowest BCUT2D eigenvalue weighted by atomic mass is 10.2. The summed E-state index contributed by atoms with van der Waals surface area (Å²) in [7, 11) is -1.09. The third-order valence-electron chi connectivity index (χ3n) is 2.77. The zero-order valence-electron chi connectivity index (χ0n) is 12.6. The molecule has 0 aliphatic carbocycles. The first-order chi connectivity index (χ1) is 11.0. The van der Waals surface area contributed by atoms with Crippen molar-refractivity contribution in [2.24, 2.45) is 0 Å². The molecule has 0 bridgehead atoms. The van der Waals surface area contributed by atoms with Gasteiger partial charge in [0.05, 0.1) is 17.9 Å². The first-order valence-corrected chi connectivity index (χ1v) is 9.17. The van der Waals surface area contributed by atoms with Crippen molar-refractivity contribution < 1.29 is 23.3 Å². The standard InChI is InChI=1S/C15H15NO5S2/c1-3-20-15(18)13-16-11(9-22-13)8-21-14(17)10-4-6-12(7-5-10)23(2)19/h4-7,9H,3,8H2,1-2H3. The molecule has 6 nitrogen and oxygen atoms in total. The van der Waals surface area contributed by atoms with Crippen LogP contribution < -0.4 is 0 Å². The predicted octanol–water partition coefficient (Wildman–Crippen LogP) is 2.41. The zero-order chi connectivity index (χ0) is 16.8. The third kappa shape index (κ3) is 4.70. The Hall–Kier alpha value is -2.06. The van der Waals surface area contributed by atoms with Gasteiger partial charge in [0.25, 0.3) is 0 Å². The molecule has 0 aliphatic heterocycles. The van der Waals surface area contributed by atoms with Crippen LogP contribution in [0.1, 0.15) is 32.8 Å². The van der Waals surface area contributed by atoms with E-state index in [2.05, 4.69) is 4.98 Å². The number of rotatable bonds is 6. The smallest absolute Gasteiger partial charge is 0.367 e. The number of benzene rings is 1. The number of hydrogen-bond acceptors (Lipinski definition) is 7. The fourth-order valence-corrected chi connectivity index (χ4v) is 2.88. The second kappa shape index (κ2) is 7.98. The first kappa shape index (κ1) is 17.3. The molecule has 8 heteroatoms. The monoisotopic (exact) mass is 353 g/mol. The summed E-state index contributed by atoms with van der Waals surface area (Å²) in [5.74, 6) is -0.998. The van der Waals surface area contributed by atoms with Crippen molar-refractivity contribution in [2.45, 2.75) is 18.4 Å². The minimum absolute atomic E-state index is 0.0315. The highest BCUT2D eigenvalue weighted by Gasteiger charge is 2.14. The molecule has 0 saturated heterocycles. The summed E-state index contributed by atoms with van der Waals surface area (Å²) >= 11 is 1.14. The molecule has 1 aromatic heterocycles. The average molecular weight is 353 g/mol. The third-order valence-corrected chi connectivity index (χ3v) is 4.58. The Morgan fingerprint density at radius 2 is 1.87 bits per heavy atom. The van der Waals surface area contributed by atoms with Crippen molar-refractivity contribution in [3.8, 4) is 0 Å². The van der Waals surface area contributed by atoms with Crippen molar-refractivity contribution in [3.63, 3.8) is 0 Å². The minimum atomic E-state index is -1.09. The van der Waals surface area contributed by atoms with Crippen molar-refractivity contribution in [1.82, 2.24) is 4.98 Å². The molecule has 23 heavy (non-hydrogen) atoms. The number of carbonyl (C=O) groups is 2. The summed E-state index contributed by atoms with van der Waals surface area (Å²) in [6.07, 6.45) is 1.57. The van der Waals surface area contributed by atoms with E-state index in [1.165, 1.54) is 0 Å². The number of aromatic nitrogens is 1. The molecule has 1 atom stereocenters. The number of thiazole rings is 1. The van der Waals surface area contributed by atoms with Crippen LogP contribution >= 0.6 is 11.3 Å². The van der Waals surface area contributed by atoms with E-state index >= 15 is 0 Å². The molecule has 0 saturated carbocycles. The van der Waals surface area contributed by atoms with Gasteiger partial charge in [-0.05, 0) is 31.2 Å². The fraction of sp³-hybridized carbons (Fsp3) is 0.267. The zero-order valence-corrected chi connectivity index (χ0v) is 14.2. The fourth-order valence-electron chi connectivity index (χ4n) is 1.67. The van der Waals surface area contributed by atoms with Crippen LogP contribution in [0.3, 0.4) is 0 Å². The highest BCUT2D eigenvalue weighted by molar-refractivity contribution is 7.84. The molecular weight excluding hydrogens is 338 g/mol. The average Bonchev–Trinajstić information content (AvgIpc) is 3.02.